The number of aromatic nitrogens is 3. The normalized spacial score (nSPS) is 20.6. The molecular weight excluding hydrogens is 324 g/mol. The van der Waals surface area contributed by atoms with Crippen LogP contribution in [0.2, 0.25) is 0 Å². The van der Waals surface area contributed by atoms with Gasteiger partial charge in [-0.05, 0) is 25.0 Å². The second-order valence-electron chi connectivity index (χ2n) is 5.00. The molecule has 10 heteroatoms. The number of fused-ring (bicyclic) bond motifs is 1. The zero-order valence-electron chi connectivity index (χ0n) is 11.9. The number of amides is 1. The number of ether oxygens (including phenoxy) is 2. The Labute approximate surface area is 136 Å². The van der Waals surface area contributed by atoms with E-state index in [1.165, 1.54) is 6.33 Å². The predicted molar refractivity (Wildman–Crippen MR) is 81.8 cm³/mol. The minimum absolute atomic E-state index is 0.156. The van der Waals surface area contributed by atoms with Crippen molar-refractivity contribution >= 4 is 35.4 Å². The van der Waals surface area contributed by atoms with Crippen LogP contribution >= 0.6 is 12.6 Å². The lowest BCUT2D eigenvalue weighted by atomic mass is 10.1. The number of hydrogen-bond donors (Lipinski definition) is 3. The first kappa shape index (κ1) is 15.6. The van der Waals surface area contributed by atoms with Crippen LogP contribution in [0.5, 0.6) is 0 Å². The Hall–Kier alpha value is -2.33. The van der Waals surface area contributed by atoms with Gasteiger partial charge in [-0.2, -0.15) is 5.10 Å². The quantitative estimate of drug-likeness (QED) is 0.577. The third-order valence-corrected chi connectivity index (χ3v) is 3.67. The van der Waals surface area contributed by atoms with Gasteiger partial charge in [-0.15, -0.1) is 0 Å². The van der Waals surface area contributed by atoms with Crippen LogP contribution in [0.15, 0.2) is 18.5 Å². The number of carbonyl (C=O) groups excluding carboxylic acids is 1. The molecular formula is C13H14N4O5S. The second-order valence-corrected chi connectivity index (χ2v) is 5.36. The average molecular weight is 338 g/mol. The number of rotatable bonds is 4. The number of anilines is 1. The van der Waals surface area contributed by atoms with Crippen LogP contribution < -0.4 is 5.32 Å². The van der Waals surface area contributed by atoms with E-state index in [0.29, 0.717) is 5.52 Å². The van der Waals surface area contributed by atoms with E-state index in [0.717, 1.165) is 18.5 Å². The zero-order valence-corrected chi connectivity index (χ0v) is 12.8. The number of carbonyl (C=O) groups is 2. The van der Waals surface area contributed by atoms with Gasteiger partial charge < -0.3 is 14.6 Å². The summed E-state index contributed by atoms with van der Waals surface area (Å²) in [6.45, 7) is 0.156. The fourth-order valence-corrected chi connectivity index (χ4v) is 2.68. The second kappa shape index (κ2) is 6.42. The van der Waals surface area contributed by atoms with Gasteiger partial charge in [0.2, 0.25) is 0 Å². The minimum atomic E-state index is -1.20. The molecule has 2 aromatic rings. The molecule has 0 aromatic carbocycles. The molecule has 0 aliphatic carbocycles. The molecule has 0 radical (unpaired) electrons. The van der Waals surface area contributed by atoms with Gasteiger partial charge in [0.1, 0.15) is 24.6 Å². The first-order chi connectivity index (χ1) is 11.0. The Bertz CT molecular complexity index is 749. The third kappa shape index (κ3) is 3.37. The van der Waals surface area contributed by atoms with E-state index >= 15 is 0 Å². The van der Waals surface area contributed by atoms with Crippen LogP contribution in [-0.2, 0) is 9.47 Å². The first-order valence-corrected chi connectivity index (χ1v) is 7.33. The highest BCUT2D eigenvalue weighted by Gasteiger charge is 2.29. The molecule has 2 aromatic heterocycles. The van der Waals surface area contributed by atoms with Crippen molar-refractivity contribution in [1.29, 1.82) is 0 Å². The Balaban J connectivity index is 1.79. The molecule has 122 valence electrons. The highest BCUT2D eigenvalue weighted by Crippen LogP contribution is 2.34. The molecule has 1 aliphatic heterocycles. The Morgan fingerprint density at radius 1 is 1.48 bits per heavy atom. The largest absolute Gasteiger partial charge is 0.465 e. The maximum Gasteiger partial charge on any atom is 0.410 e. The van der Waals surface area contributed by atoms with Crippen molar-refractivity contribution in [3.05, 3.63) is 24.2 Å². The van der Waals surface area contributed by atoms with Gasteiger partial charge in [-0.1, -0.05) is 12.6 Å². The molecule has 0 unspecified atom stereocenters. The summed E-state index contributed by atoms with van der Waals surface area (Å²) in [6, 6.07) is 3.54. The summed E-state index contributed by atoms with van der Waals surface area (Å²) >= 11 is 3.55. The molecule has 1 amide bonds. The third-order valence-electron chi connectivity index (χ3n) is 3.54. The molecule has 2 N–H and O–H groups in total. The Morgan fingerprint density at radius 2 is 2.30 bits per heavy atom. The lowest BCUT2D eigenvalue weighted by Gasteiger charge is -2.13. The fraction of sp³-hybridized carbons (Fsp3) is 0.385. The lowest BCUT2D eigenvalue weighted by Crippen LogP contribution is -2.16. The molecule has 1 fully saturated rings. The van der Waals surface area contributed by atoms with Crippen molar-refractivity contribution in [2.45, 2.75) is 25.0 Å². The summed E-state index contributed by atoms with van der Waals surface area (Å²) in [6.07, 6.45) is 1.15. The van der Waals surface area contributed by atoms with Crippen molar-refractivity contribution in [2.24, 2.45) is 0 Å². The number of nitrogens with zero attached hydrogens (tertiary/aromatic N) is 3. The highest BCUT2D eigenvalue weighted by atomic mass is 32.1. The molecule has 23 heavy (non-hydrogen) atoms. The van der Waals surface area contributed by atoms with E-state index in [1.807, 2.05) is 6.07 Å². The summed E-state index contributed by atoms with van der Waals surface area (Å²) in [7, 11) is 0. The molecule has 0 saturated carbocycles. The van der Waals surface area contributed by atoms with E-state index < -0.39 is 11.4 Å². The van der Waals surface area contributed by atoms with Crippen LogP contribution in [0.4, 0.5) is 15.4 Å². The SMILES string of the molecule is O=C(O)Nc1ncnn2c([C@H]3CC[C@@H](COC(=O)S)O3)ccc12. The maximum absolute atomic E-state index is 10.8. The molecule has 2 atom stereocenters. The number of hydrogen-bond acceptors (Lipinski definition) is 6. The van der Waals surface area contributed by atoms with Crippen molar-refractivity contribution in [3.63, 3.8) is 0 Å². The topological polar surface area (TPSA) is 115 Å². The zero-order chi connectivity index (χ0) is 16.4. The maximum atomic E-state index is 10.8. The molecule has 3 heterocycles. The van der Waals surface area contributed by atoms with E-state index in [-0.39, 0.29) is 24.6 Å². The van der Waals surface area contributed by atoms with Crippen molar-refractivity contribution in [1.82, 2.24) is 14.6 Å². The summed E-state index contributed by atoms with van der Waals surface area (Å²) in [5.74, 6) is 0.206. The molecule has 0 spiro atoms. The summed E-state index contributed by atoms with van der Waals surface area (Å²) in [5, 5.41) is 14.6. The van der Waals surface area contributed by atoms with Gasteiger partial charge in [0.05, 0.1) is 11.8 Å². The van der Waals surface area contributed by atoms with Gasteiger partial charge >= 0.3 is 11.4 Å². The Kier molecular flexibility index (Phi) is 4.35. The first-order valence-electron chi connectivity index (χ1n) is 6.88. The molecule has 0 bridgehead atoms. The molecule has 1 aliphatic rings. The Morgan fingerprint density at radius 3 is 3.04 bits per heavy atom. The summed E-state index contributed by atoms with van der Waals surface area (Å²) in [4.78, 5) is 25.4. The molecule has 3 rings (SSSR count). The van der Waals surface area contributed by atoms with Crippen LogP contribution in [0, 0.1) is 0 Å². The van der Waals surface area contributed by atoms with Crippen molar-refractivity contribution < 1.29 is 24.2 Å². The average Bonchev–Trinajstić information content (AvgIpc) is 3.11. The van der Waals surface area contributed by atoms with Crippen molar-refractivity contribution in [3.8, 4) is 0 Å². The molecule has 1 saturated heterocycles. The van der Waals surface area contributed by atoms with E-state index in [9.17, 15) is 9.59 Å². The van der Waals surface area contributed by atoms with E-state index in [2.05, 4.69) is 28.0 Å². The number of nitrogens with one attached hydrogen (secondary N) is 1. The van der Waals surface area contributed by atoms with Gasteiger partial charge in [0.15, 0.2) is 5.82 Å². The van der Waals surface area contributed by atoms with Crippen LogP contribution in [-0.4, -0.2) is 43.8 Å². The summed E-state index contributed by atoms with van der Waals surface area (Å²) in [5.41, 5.74) is 1.33. The van der Waals surface area contributed by atoms with Gasteiger partial charge in [0, 0.05) is 0 Å². The smallest absolute Gasteiger partial charge is 0.410 e. The van der Waals surface area contributed by atoms with Crippen LogP contribution in [0.1, 0.15) is 24.6 Å². The van der Waals surface area contributed by atoms with Gasteiger partial charge in [-0.3, -0.25) is 5.32 Å². The standard InChI is InChI=1S/C13H14N4O5S/c18-12(19)16-11-9-3-2-8(17(9)15-6-14-11)10-4-1-7(22-10)5-21-13(20)23/h2-3,6-7,10H,1,4-5H2,(H,18,19)(H,20,23)(H,14,15,16)/t7-,10+/m0/s1. The summed E-state index contributed by atoms with van der Waals surface area (Å²) < 4.78 is 12.3. The lowest BCUT2D eigenvalue weighted by molar-refractivity contribution is 0.00648. The van der Waals surface area contributed by atoms with Crippen molar-refractivity contribution in [2.75, 3.05) is 11.9 Å². The van der Waals surface area contributed by atoms with Crippen LogP contribution in [0.3, 0.4) is 0 Å². The van der Waals surface area contributed by atoms with E-state index in [4.69, 9.17) is 14.6 Å². The van der Waals surface area contributed by atoms with Crippen LogP contribution in [0.25, 0.3) is 5.52 Å². The highest BCUT2D eigenvalue weighted by molar-refractivity contribution is 7.96. The van der Waals surface area contributed by atoms with Gasteiger partial charge in [-0.25, -0.2) is 19.1 Å². The molecule has 9 nitrogen and oxygen atoms in total. The van der Waals surface area contributed by atoms with E-state index in [1.54, 1.807) is 10.6 Å². The fourth-order valence-electron chi connectivity index (χ4n) is 2.61. The minimum Gasteiger partial charge on any atom is -0.465 e. The van der Waals surface area contributed by atoms with Gasteiger partial charge in [0.25, 0.3) is 0 Å². The monoisotopic (exact) mass is 338 g/mol. The predicted octanol–water partition coefficient (Wildman–Crippen LogP) is 2.11. The number of thiol groups is 1. The number of carboxylic acid groups (broad SMARTS) is 1.